The maximum atomic E-state index is 12.9. The number of halogens is 4. The van der Waals surface area contributed by atoms with Crippen molar-refractivity contribution in [1.82, 2.24) is 43.7 Å². The lowest BCUT2D eigenvalue weighted by Crippen LogP contribution is -3.00. The highest BCUT2D eigenvalue weighted by molar-refractivity contribution is 9.09. The van der Waals surface area contributed by atoms with Crippen LogP contribution in [-0.2, 0) is 114 Å². The van der Waals surface area contributed by atoms with Crippen LogP contribution in [0.1, 0.15) is 235 Å². The number of nitrogens with one attached hydrogen (secondary N) is 6. The molecule has 0 saturated carbocycles. The van der Waals surface area contributed by atoms with E-state index in [9.17, 15) is 102 Å². The number of aliphatic hydroxyl groups excluding tert-OH is 2. The fourth-order valence-corrected chi connectivity index (χ4v) is 8.54. The molecule has 148 heavy (non-hydrogen) atoms. The summed E-state index contributed by atoms with van der Waals surface area (Å²) in [6, 6.07) is 0. The highest BCUT2D eigenvalue weighted by Crippen LogP contribution is 2.18. The van der Waals surface area contributed by atoms with Gasteiger partial charge in [0.2, 0.25) is 24.4 Å². The van der Waals surface area contributed by atoms with Gasteiger partial charge in [-0.1, -0.05) is 76.7 Å². The minimum atomic E-state index is -1.83. The molecule has 25 N–H and O–H groups in total. The van der Waals surface area contributed by atoms with Crippen molar-refractivity contribution in [3.8, 4) is 0 Å². The Balaban J connectivity index is -0.000000108. The van der Waals surface area contributed by atoms with Gasteiger partial charge >= 0.3 is 66.3 Å². The minimum Gasteiger partial charge on any atom is -1.00 e. The zero-order valence-electron chi connectivity index (χ0n) is 89.6. The SMILES string of the molecule is CC(C)(C)OC(=O)CCC(=O)O.CC(C)(C)OC(=O)OC(=O)OC(C)(C)C.CCCCC(=O)[C@H](O)[C@@H](O)C(=O)NCCC.CCCCC(=O)[C@H](OC(=O)CNC(=O)OC(C)(C)C)[C@@H](OC(=O)CNC(=O)OC(C)(C)C)C(=O)NCCC.CCCCC(=O)[C@H](OC(=O)C[NH3+])[C@@H](OC(=O)CNCl)C(=O)NCCC.N.O.O=C(O)CBr.[B][B]B(B([B])[B])B([B])[B].[B][B]B([B])B(B([B])[B])B([B])[B].[B][B]B([B])B([B])[B].[Br-].[Cl-].[NH3+]CC(=O)[O-].[NH4+]. The fraction of sp³-hybridized carbons (Fsp3) is 0.753. The van der Waals surface area contributed by atoms with Crippen LogP contribution in [0.5, 0.6) is 0 Å². The van der Waals surface area contributed by atoms with Crippen LogP contribution in [0, 0.1) is 0 Å². The van der Waals surface area contributed by atoms with E-state index < -0.39 is 223 Å². The molecule has 0 aliphatic rings. The van der Waals surface area contributed by atoms with Crippen LogP contribution in [0.15, 0.2) is 0 Å². The van der Waals surface area contributed by atoms with Crippen LogP contribution in [-0.4, -0.2) is 450 Å². The Bertz CT molecular complexity index is 3520. The molecule has 0 bridgehead atoms. The number of unbranched alkanes of at least 4 members (excludes halogenated alkanes) is 3. The molecular formula is C73H140B27Br2Cl2N10O34. The molecule has 0 aliphatic heterocycles. The monoisotopic (exact) mass is 2230 g/mol. The number of quaternary nitrogens is 3. The molecule has 0 spiro atoms. The van der Waals surface area contributed by atoms with Crippen molar-refractivity contribution in [2.45, 2.75) is 300 Å². The third-order valence-electron chi connectivity index (χ3n) is 15.1. The lowest BCUT2D eigenvalue weighted by molar-refractivity contribution is -0.396. The predicted octanol–water partition coefficient (Wildman–Crippen LogP) is -13.8. The lowest BCUT2D eigenvalue weighted by atomic mass is 8.56. The van der Waals surface area contributed by atoms with E-state index in [0.717, 1.165) is 19.3 Å². The highest BCUT2D eigenvalue weighted by Gasteiger charge is 2.42. The van der Waals surface area contributed by atoms with Crippen LogP contribution in [0.3, 0.4) is 0 Å². The van der Waals surface area contributed by atoms with Gasteiger partial charge in [-0.05, 0) is 154 Å². The van der Waals surface area contributed by atoms with Crippen molar-refractivity contribution in [2.24, 2.45) is 0 Å². The maximum absolute atomic E-state index is 12.9. The number of alkyl carbamates (subject to hydrolysis) is 2. The van der Waals surface area contributed by atoms with E-state index in [1.807, 2.05) is 34.6 Å². The summed E-state index contributed by atoms with van der Waals surface area (Å²) >= 11 is 7.96. The Kier molecular flexibility index (Phi) is 119. The van der Waals surface area contributed by atoms with Crippen LogP contribution < -0.4 is 89.7 Å². The third-order valence-corrected chi connectivity index (χ3v) is 15.8. The van der Waals surface area contributed by atoms with Gasteiger partial charge in [0.05, 0.1) is 18.8 Å². The molecule has 33 radical (unpaired) electrons. The highest BCUT2D eigenvalue weighted by atomic mass is 79.9. The van der Waals surface area contributed by atoms with Gasteiger partial charge in [-0.15, -0.1) is 0 Å². The molecule has 0 saturated heterocycles. The number of ether oxygens (including phenoxy) is 10. The number of hydrogen-bond donors (Lipinski definition) is 14. The van der Waals surface area contributed by atoms with Crippen molar-refractivity contribution in [3.05, 3.63) is 0 Å². The summed E-state index contributed by atoms with van der Waals surface area (Å²) in [6.07, 6.45) is -12.7. The first-order chi connectivity index (χ1) is 65.5. The lowest BCUT2D eigenvalue weighted by Gasteiger charge is -2.26. The van der Waals surface area contributed by atoms with Crippen molar-refractivity contribution in [3.63, 3.8) is 0 Å². The Morgan fingerprint density at radius 3 is 0.919 bits per heavy atom. The van der Waals surface area contributed by atoms with E-state index in [0.29, 0.717) is 51.6 Å². The Morgan fingerprint density at radius 1 is 0.399 bits per heavy atom. The molecule has 0 aromatic heterocycles. The summed E-state index contributed by atoms with van der Waals surface area (Å²) < 4.78 is 49.3. The minimum absolute atomic E-state index is 0. The fourth-order valence-electron chi connectivity index (χ4n) is 8.43. The number of carbonyl (C=O) groups excluding carboxylic acids is 16. The van der Waals surface area contributed by atoms with Gasteiger partial charge in [0.25, 0.3) is 17.7 Å². The predicted molar refractivity (Wildman–Crippen MR) is 586 cm³/mol. The van der Waals surface area contributed by atoms with E-state index in [2.05, 4.69) is 63.6 Å². The summed E-state index contributed by atoms with van der Waals surface area (Å²) in [6.45, 7) is 35.1. The van der Waals surface area contributed by atoms with E-state index in [-0.39, 0.29) is 130 Å². The Labute approximate surface area is 930 Å². The van der Waals surface area contributed by atoms with E-state index in [1.54, 1.807) is 111 Å². The Hall–Kier alpha value is -6.57. The van der Waals surface area contributed by atoms with Crippen molar-refractivity contribution < 1.29 is 206 Å². The van der Waals surface area contributed by atoms with Gasteiger partial charge in [0.15, 0.2) is 30.0 Å². The smallest absolute Gasteiger partial charge is 0.519 e. The third kappa shape index (κ3) is 115. The molecule has 0 aromatic carbocycles. The number of hydrogen-bond acceptors (Lipinski definition) is 33. The van der Waals surface area contributed by atoms with Crippen molar-refractivity contribution >= 4 is 330 Å². The molecule has 6 atom stereocenters. The number of aliphatic carboxylic acids is 3. The van der Waals surface area contributed by atoms with E-state index >= 15 is 0 Å². The second kappa shape index (κ2) is 101. The average Bonchev–Trinajstić information content (AvgIpc) is 0.856. The summed E-state index contributed by atoms with van der Waals surface area (Å²) in [5, 5.41) is 55.9. The molecule has 0 rings (SSSR count). The normalized spacial score (nSPS) is 11.0. The number of ketones is 3. The number of rotatable bonds is 49. The van der Waals surface area contributed by atoms with Gasteiger partial charge in [-0.3, -0.25) is 57.5 Å². The second-order valence-corrected chi connectivity index (χ2v) is 35.6. The summed E-state index contributed by atoms with van der Waals surface area (Å²) in [4.78, 5) is 209. The molecular weight excluding hydrogens is 2080 g/mol. The summed E-state index contributed by atoms with van der Waals surface area (Å²) in [7, 11) is 82.5. The standard InChI is InChI=1S/C25H43N3O10.C15H26ClN3O6.C11H21NO4.C10H18O5.C8H14O4.C2H3BrO2.C2H5NO2.B11.B9.B7.BrH.ClH.2H3N.H2O/c1-9-11-12-16(29)19(35-17(30)14-27-22(33)37-24(3,4)5)20(21(32)26-13-10-2)36-18(31)15-28-23(34)38-25(6,7)8;1-3-5-6-10(20)13(24-11(21)8-17)14(15(23)18-7-4-2)25-12(22)9-19-16;1-3-5-6-8(13)9(14)10(15)11(16)12-7-4-2;1-9(2,3)14-7(11)13-8(12)15-10(4,5)6;1-8(2,3)12-7(11)5-4-6(9)10;2*3-1-2(4)5;1-7-10(6)11(8(2)3)9(4)5;1-6-9(7(2)3)8(4)5;1-5-7(4)6(2)3;;;;;/h19-20H,9-15H2,1-8H3,(H,26,32)(H,27,33)(H,28,34);13-14,19H,3-9,17H2,1-2H3,(H,18,23);9-10,14-15H,3-7H2,1-2H3,(H,12,16);1-6H3;4-5H2,1-3H3,(H,9,10);1H2,(H,4,5);1,3H2,(H,4,5);;;;2*1H;2*1H3;1H2/t19-,20+;13-,14+;9-,10+;;;;;;;;;;;;/m000............/s1. The first-order valence-electron chi connectivity index (χ1n) is 45.2. The van der Waals surface area contributed by atoms with Gasteiger partial charge in [0.1, 0.15) is 65.6 Å². The zero-order valence-corrected chi connectivity index (χ0v) is 94.3. The summed E-state index contributed by atoms with van der Waals surface area (Å²) in [5.41, 5.74) is 2.86. The van der Waals surface area contributed by atoms with Crippen LogP contribution in [0.2, 0.25) is 0 Å². The molecule has 795 valence electrons. The maximum Gasteiger partial charge on any atom is 0.519 e. The topological polar surface area (TPSA) is 734 Å². The first kappa shape index (κ1) is 174. The molecule has 0 aliphatic carbocycles. The molecule has 5 amide bonds. The number of carbonyl (C=O) groups is 18. The van der Waals surface area contributed by atoms with E-state index in [4.69, 9.17) is 181 Å². The quantitative estimate of drug-likeness (QED) is 0.00672. The van der Waals surface area contributed by atoms with Gasteiger partial charge in [-0.25, -0.2) is 28.8 Å². The molecule has 0 aromatic rings. The van der Waals surface area contributed by atoms with E-state index in [1.165, 1.54) is 21.2 Å². The number of alkyl halides is 1. The van der Waals surface area contributed by atoms with Crippen molar-refractivity contribution in [1.29, 1.82) is 0 Å². The summed E-state index contributed by atoms with van der Waals surface area (Å²) in [5.74, 6) is -11.0. The van der Waals surface area contributed by atoms with Crippen LogP contribution in [0.25, 0.3) is 0 Å². The molecule has 0 heterocycles. The molecule has 0 fully saturated rings. The number of carboxylic acid groups (broad SMARTS) is 3. The molecule has 44 nitrogen and oxygen atoms in total. The Morgan fingerprint density at radius 2 is 0.696 bits per heavy atom. The number of aliphatic hydroxyl groups is 2. The molecule has 0 unspecified atom stereocenters. The number of carboxylic acids is 3. The second-order valence-electron chi connectivity index (χ2n) is 34.8. The van der Waals surface area contributed by atoms with Crippen molar-refractivity contribution in [2.75, 3.05) is 57.7 Å². The first-order valence-corrected chi connectivity index (χ1v) is 46.7. The van der Waals surface area contributed by atoms with Gasteiger partial charge in [-0.2, -0.15) is 0 Å². The largest absolute Gasteiger partial charge is 1.00 e. The van der Waals surface area contributed by atoms with Gasteiger partial charge in [0, 0.05) is 234 Å². The number of Topliss-reactive ketones (excluding diaryl/α,β-unsaturated/α-hetero) is 3. The molecule has 75 heteroatoms. The number of esters is 5. The van der Waals surface area contributed by atoms with Crippen LogP contribution in [0.4, 0.5) is 19.2 Å². The van der Waals surface area contributed by atoms with Gasteiger partial charge < -0.3 is 163 Å². The van der Waals surface area contributed by atoms with Crippen LogP contribution >= 0.6 is 27.7 Å². The number of amides is 5. The zero-order chi connectivity index (χ0) is 114. The average molecular weight is 2220 g/mol.